The number of rotatable bonds is 5. The number of carbonyl (C=O) groups is 1. The number of nitrogens with zero attached hydrogens (tertiary/aromatic N) is 2. The summed E-state index contributed by atoms with van der Waals surface area (Å²) >= 11 is 3.36. The van der Waals surface area contributed by atoms with Crippen LogP contribution in [0.15, 0.2) is 18.2 Å². The third kappa shape index (κ3) is 3.27. The van der Waals surface area contributed by atoms with Crippen molar-refractivity contribution in [3.8, 4) is 5.75 Å². The number of nitro benzene ring substituents is 1. The molecule has 0 heterocycles. The first-order chi connectivity index (χ1) is 9.24. The third-order valence-corrected chi connectivity index (χ3v) is 4.54. The van der Waals surface area contributed by atoms with Gasteiger partial charge in [-0.2, -0.15) is 0 Å². The molecule has 0 atom stereocenters. The Kier molecular flexibility index (Phi) is 5.10. The molecule has 7 heteroatoms. The number of nitro groups is 1. The van der Waals surface area contributed by atoms with Crippen LogP contribution in [0.25, 0.3) is 0 Å². The third-order valence-electron chi connectivity index (χ3n) is 3.17. The Morgan fingerprint density at radius 3 is 2.55 bits per heavy atom. The van der Waals surface area contributed by atoms with Gasteiger partial charge in [0.15, 0.2) is 0 Å². The Labute approximate surface area is 126 Å². The van der Waals surface area contributed by atoms with E-state index in [-0.39, 0.29) is 22.9 Å². The summed E-state index contributed by atoms with van der Waals surface area (Å²) in [4.78, 5) is 24.3. The fraction of sp³-hybridized carbons (Fsp3) is 0.462. The van der Waals surface area contributed by atoms with Gasteiger partial charge in [-0.15, -0.1) is 0 Å². The number of hydrogen-bond acceptors (Lipinski definition) is 4. The van der Waals surface area contributed by atoms with E-state index in [2.05, 4.69) is 15.9 Å². The number of methoxy groups -OCH3 is 1. The second-order valence-electron chi connectivity index (χ2n) is 4.95. The fourth-order valence-electron chi connectivity index (χ4n) is 1.52. The van der Waals surface area contributed by atoms with Crippen LogP contribution in [0.4, 0.5) is 5.69 Å². The Morgan fingerprint density at radius 2 is 2.10 bits per heavy atom. The van der Waals surface area contributed by atoms with Crippen LogP contribution >= 0.6 is 15.9 Å². The maximum absolute atomic E-state index is 12.5. The van der Waals surface area contributed by atoms with Crippen LogP contribution in [-0.4, -0.2) is 40.8 Å². The summed E-state index contributed by atoms with van der Waals surface area (Å²) in [5.74, 6) is -0.0531. The number of hydrogen-bond donors (Lipinski definition) is 0. The summed E-state index contributed by atoms with van der Waals surface area (Å²) in [6.45, 7) is 3.83. The van der Waals surface area contributed by atoms with E-state index in [4.69, 9.17) is 4.74 Å². The second kappa shape index (κ2) is 6.21. The first kappa shape index (κ1) is 16.4. The van der Waals surface area contributed by atoms with Gasteiger partial charge in [0.2, 0.25) is 0 Å². The zero-order chi connectivity index (χ0) is 15.5. The molecule has 110 valence electrons. The molecule has 0 aliphatic heterocycles. The average molecular weight is 345 g/mol. The Hall–Kier alpha value is -1.63. The number of non-ortho nitro benzene ring substituents is 1. The fourth-order valence-corrected chi connectivity index (χ4v) is 1.89. The van der Waals surface area contributed by atoms with Crippen LogP contribution in [0.5, 0.6) is 5.75 Å². The highest BCUT2D eigenvalue weighted by atomic mass is 79.9. The molecule has 1 aromatic carbocycles. The quantitative estimate of drug-likeness (QED) is 0.467. The summed E-state index contributed by atoms with van der Waals surface area (Å²) in [5, 5.41) is 11.3. The molecule has 0 N–H and O–H groups in total. The summed E-state index contributed by atoms with van der Waals surface area (Å²) < 4.78 is 5.09. The number of amides is 1. The zero-order valence-electron chi connectivity index (χ0n) is 11.8. The number of halogens is 1. The van der Waals surface area contributed by atoms with Crippen LogP contribution in [-0.2, 0) is 0 Å². The van der Waals surface area contributed by atoms with Gasteiger partial charge in [-0.3, -0.25) is 14.9 Å². The Balaban J connectivity index is 3.20. The van der Waals surface area contributed by atoms with Gasteiger partial charge >= 0.3 is 0 Å². The number of carbonyl (C=O) groups excluding carboxylic acids is 1. The lowest BCUT2D eigenvalue weighted by Gasteiger charge is -2.34. The first-order valence-electron chi connectivity index (χ1n) is 5.91. The largest absolute Gasteiger partial charge is 0.496 e. The standard InChI is InChI=1S/C13H17BrN2O4/c1-13(2,8-14)15(3)12(17)10-6-5-9(16(18)19)7-11(10)20-4/h5-7H,8H2,1-4H3. The topological polar surface area (TPSA) is 72.7 Å². The molecule has 1 amide bonds. The number of benzene rings is 1. The minimum Gasteiger partial charge on any atom is -0.496 e. The van der Waals surface area contributed by atoms with Gasteiger partial charge in [0.05, 0.1) is 23.7 Å². The minimum atomic E-state index is -0.525. The molecule has 0 aromatic heterocycles. The van der Waals surface area contributed by atoms with Crippen LogP contribution in [0.1, 0.15) is 24.2 Å². The summed E-state index contributed by atoms with van der Waals surface area (Å²) in [5.41, 5.74) is -0.195. The van der Waals surface area contributed by atoms with Gasteiger partial charge in [0.1, 0.15) is 5.75 Å². The molecule has 0 aliphatic rings. The summed E-state index contributed by atoms with van der Waals surface area (Å²) in [6, 6.07) is 3.97. The van der Waals surface area contributed by atoms with Crippen molar-refractivity contribution in [3.63, 3.8) is 0 Å². The molecule has 0 spiro atoms. The molecule has 0 fully saturated rings. The molecule has 0 unspecified atom stereocenters. The van der Waals surface area contributed by atoms with E-state index in [0.29, 0.717) is 10.9 Å². The van der Waals surface area contributed by atoms with Crippen LogP contribution in [0, 0.1) is 10.1 Å². The van der Waals surface area contributed by atoms with Crippen molar-refractivity contribution in [1.82, 2.24) is 4.90 Å². The van der Waals surface area contributed by atoms with Crippen molar-refractivity contribution in [2.24, 2.45) is 0 Å². The molecule has 0 radical (unpaired) electrons. The molecule has 1 rings (SSSR count). The first-order valence-corrected chi connectivity index (χ1v) is 7.03. The lowest BCUT2D eigenvalue weighted by molar-refractivity contribution is -0.384. The van der Waals surface area contributed by atoms with E-state index in [1.165, 1.54) is 25.3 Å². The van der Waals surface area contributed by atoms with Gasteiger partial charge in [-0.25, -0.2) is 0 Å². The van der Waals surface area contributed by atoms with E-state index in [0.717, 1.165) is 0 Å². The van der Waals surface area contributed by atoms with Gasteiger partial charge in [-0.05, 0) is 19.9 Å². The maximum Gasteiger partial charge on any atom is 0.273 e. The zero-order valence-corrected chi connectivity index (χ0v) is 13.4. The maximum atomic E-state index is 12.5. The lowest BCUT2D eigenvalue weighted by atomic mass is 10.0. The van der Waals surface area contributed by atoms with E-state index in [9.17, 15) is 14.9 Å². The lowest BCUT2D eigenvalue weighted by Crippen LogP contribution is -2.46. The highest BCUT2D eigenvalue weighted by Crippen LogP contribution is 2.27. The molecular weight excluding hydrogens is 328 g/mol. The molecule has 20 heavy (non-hydrogen) atoms. The van der Waals surface area contributed by atoms with Crippen LogP contribution in [0.3, 0.4) is 0 Å². The van der Waals surface area contributed by atoms with Gasteiger partial charge in [0, 0.05) is 24.0 Å². The summed E-state index contributed by atoms with van der Waals surface area (Å²) in [6.07, 6.45) is 0. The van der Waals surface area contributed by atoms with E-state index < -0.39 is 4.92 Å². The number of ether oxygens (including phenoxy) is 1. The molecule has 0 saturated heterocycles. The summed E-state index contributed by atoms with van der Waals surface area (Å²) in [7, 11) is 3.07. The van der Waals surface area contributed by atoms with Crippen molar-refractivity contribution in [3.05, 3.63) is 33.9 Å². The van der Waals surface area contributed by atoms with Crippen molar-refractivity contribution in [2.75, 3.05) is 19.5 Å². The van der Waals surface area contributed by atoms with Crippen LogP contribution in [0.2, 0.25) is 0 Å². The number of alkyl halides is 1. The molecule has 1 aromatic rings. The van der Waals surface area contributed by atoms with Crippen LogP contribution < -0.4 is 4.74 Å². The van der Waals surface area contributed by atoms with E-state index in [1.54, 1.807) is 11.9 Å². The van der Waals surface area contributed by atoms with Crippen molar-refractivity contribution < 1.29 is 14.5 Å². The molecule has 0 aliphatic carbocycles. The molecule has 6 nitrogen and oxygen atoms in total. The van der Waals surface area contributed by atoms with E-state index in [1.807, 2.05) is 13.8 Å². The average Bonchev–Trinajstić information content (AvgIpc) is 2.44. The van der Waals surface area contributed by atoms with E-state index >= 15 is 0 Å². The second-order valence-corrected chi connectivity index (χ2v) is 5.51. The molecule has 0 saturated carbocycles. The van der Waals surface area contributed by atoms with Crippen molar-refractivity contribution >= 4 is 27.5 Å². The van der Waals surface area contributed by atoms with Gasteiger partial charge in [0.25, 0.3) is 11.6 Å². The minimum absolute atomic E-state index is 0.110. The highest BCUT2D eigenvalue weighted by Gasteiger charge is 2.29. The Morgan fingerprint density at radius 1 is 1.50 bits per heavy atom. The molecular formula is C13H17BrN2O4. The van der Waals surface area contributed by atoms with Gasteiger partial charge < -0.3 is 9.64 Å². The smallest absolute Gasteiger partial charge is 0.273 e. The normalized spacial score (nSPS) is 11.1. The monoisotopic (exact) mass is 344 g/mol. The predicted octanol–water partition coefficient (Wildman–Crippen LogP) is 2.85. The molecule has 0 bridgehead atoms. The Bertz CT molecular complexity index is 531. The highest BCUT2D eigenvalue weighted by molar-refractivity contribution is 9.09. The van der Waals surface area contributed by atoms with Crippen molar-refractivity contribution in [1.29, 1.82) is 0 Å². The SMILES string of the molecule is COc1cc([N+](=O)[O-])ccc1C(=O)N(C)C(C)(C)CBr. The van der Waals surface area contributed by atoms with Crippen molar-refractivity contribution in [2.45, 2.75) is 19.4 Å². The van der Waals surface area contributed by atoms with Gasteiger partial charge in [-0.1, -0.05) is 15.9 Å². The predicted molar refractivity (Wildman–Crippen MR) is 79.6 cm³/mol.